The predicted molar refractivity (Wildman–Crippen MR) is 63.6 cm³/mol. The lowest BCUT2D eigenvalue weighted by molar-refractivity contribution is 0.103. The van der Waals surface area contributed by atoms with Gasteiger partial charge in [0.05, 0.1) is 11.6 Å². The molecule has 0 radical (unpaired) electrons. The Kier molecular flexibility index (Phi) is 2.97. The molecule has 0 saturated carbocycles. The van der Waals surface area contributed by atoms with Gasteiger partial charge >= 0.3 is 0 Å². The summed E-state index contributed by atoms with van der Waals surface area (Å²) in [5.74, 6) is -0.127. The molecule has 0 spiro atoms. The molecule has 0 saturated heterocycles. The summed E-state index contributed by atoms with van der Waals surface area (Å²) >= 11 is 0. The van der Waals surface area contributed by atoms with E-state index < -0.39 is 0 Å². The molecule has 0 aliphatic heterocycles. The zero-order valence-corrected chi connectivity index (χ0v) is 9.34. The molecular weight excluding hydrogens is 212 g/mol. The van der Waals surface area contributed by atoms with E-state index in [1.54, 1.807) is 36.5 Å². The molecule has 0 aliphatic carbocycles. The van der Waals surface area contributed by atoms with Gasteiger partial charge < -0.3 is 0 Å². The zero-order chi connectivity index (χ0) is 12.3. The van der Waals surface area contributed by atoms with E-state index in [1.165, 1.54) is 0 Å². The van der Waals surface area contributed by atoms with Crippen molar-refractivity contribution >= 4 is 5.78 Å². The molecule has 3 nitrogen and oxygen atoms in total. The van der Waals surface area contributed by atoms with Crippen LogP contribution in [0.3, 0.4) is 0 Å². The highest BCUT2D eigenvalue weighted by Crippen LogP contribution is 2.10. The maximum absolute atomic E-state index is 12.1. The van der Waals surface area contributed by atoms with Crippen LogP contribution in [0.1, 0.15) is 27.2 Å². The van der Waals surface area contributed by atoms with E-state index in [2.05, 4.69) is 4.98 Å². The molecule has 0 bridgehead atoms. The van der Waals surface area contributed by atoms with Crippen LogP contribution in [0.4, 0.5) is 0 Å². The standard InChI is InChI=1S/C14H10N2O/c1-10-6-7-16-13(8-10)14(17)12-4-2-11(9-15)3-5-12/h2-8H,1H3. The summed E-state index contributed by atoms with van der Waals surface area (Å²) in [5.41, 5.74) is 2.51. The molecule has 0 N–H and O–H groups in total. The normalized spacial score (nSPS) is 9.65. The molecule has 0 atom stereocenters. The van der Waals surface area contributed by atoms with Crippen molar-refractivity contribution in [1.29, 1.82) is 5.26 Å². The van der Waals surface area contributed by atoms with Crippen molar-refractivity contribution in [2.24, 2.45) is 0 Å². The summed E-state index contributed by atoms with van der Waals surface area (Å²) in [5, 5.41) is 8.67. The van der Waals surface area contributed by atoms with Crippen LogP contribution in [0.15, 0.2) is 42.6 Å². The Balaban J connectivity index is 2.34. The number of aromatic nitrogens is 1. The Morgan fingerprint density at radius 3 is 2.53 bits per heavy atom. The van der Waals surface area contributed by atoms with Crippen molar-refractivity contribution in [2.75, 3.05) is 0 Å². The Morgan fingerprint density at radius 1 is 1.24 bits per heavy atom. The van der Waals surface area contributed by atoms with Gasteiger partial charge in [0.2, 0.25) is 5.78 Å². The van der Waals surface area contributed by atoms with Crippen molar-refractivity contribution < 1.29 is 4.79 Å². The third-order valence-corrected chi connectivity index (χ3v) is 2.42. The fourth-order valence-corrected chi connectivity index (χ4v) is 1.50. The third kappa shape index (κ3) is 2.37. The average molecular weight is 222 g/mol. The van der Waals surface area contributed by atoms with Crippen LogP contribution in [0.2, 0.25) is 0 Å². The van der Waals surface area contributed by atoms with Gasteiger partial charge in [-0.2, -0.15) is 5.26 Å². The molecule has 1 aromatic heterocycles. The number of hydrogen-bond donors (Lipinski definition) is 0. The first kappa shape index (κ1) is 11.0. The van der Waals surface area contributed by atoms with Gasteiger partial charge in [-0.05, 0) is 48.9 Å². The molecule has 1 aromatic carbocycles. The van der Waals surface area contributed by atoms with Crippen LogP contribution in [-0.4, -0.2) is 10.8 Å². The fraction of sp³-hybridized carbons (Fsp3) is 0.0714. The number of aryl methyl sites for hydroxylation is 1. The highest BCUT2D eigenvalue weighted by molar-refractivity contribution is 6.07. The van der Waals surface area contributed by atoms with Gasteiger partial charge in [0.1, 0.15) is 5.69 Å². The molecule has 17 heavy (non-hydrogen) atoms. The monoisotopic (exact) mass is 222 g/mol. The van der Waals surface area contributed by atoms with Crippen LogP contribution in [0.25, 0.3) is 0 Å². The number of nitriles is 1. The van der Waals surface area contributed by atoms with Crippen molar-refractivity contribution in [2.45, 2.75) is 6.92 Å². The first-order valence-electron chi connectivity index (χ1n) is 5.18. The Morgan fingerprint density at radius 2 is 1.94 bits per heavy atom. The van der Waals surface area contributed by atoms with Crippen molar-refractivity contribution in [3.63, 3.8) is 0 Å². The van der Waals surface area contributed by atoms with Gasteiger partial charge in [0.25, 0.3) is 0 Å². The average Bonchev–Trinajstić information content (AvgIpc) is 2.38. The topological polar surface area (TPSA) is 53.8 Å². The minimum Gasteiger partial charge on any atom is -0.287 e. The lowest BCUT2D eigenvalue weighted by Crippen LogP contribution is -2.04. The number of ketones is 1. The van der Waals surface area contributed by atoms with E-state index in [0.29, 0.717) is 16.8 Å². The van der Waals surface area contributed by atoms with E-state index in [4.69, 9.17) is 5.26 Å². The maximum Gasteiger partial charge on any atom is 0.211 e. The second kappa shape index (κ2) is 4.58. The fourth-order valence-electron chi connectivity index (χ4n) is 1.50. The van der Waals surface area contributed by atoms with Crippen molar-refractivity contribution in [1.82, 2.24) is 4.98 Å². The van der Waals surface area contributed by atoms with Gasteiger partial charge in [-0.15, -0.1) is 0 Å². The lowest BCUT2D eigenvalue weighted by Gasteiger charge is -2.01. The maximum atomic E-state index is 12.1. The van der Waals surface area contributed by atoms with Gasteiger partial charge in [-0.1, -0.05) is 0 Å². The summed E-state index contributed by atoms with van der Waals surface area (Å²) in [6.45, 7) is 1.91. The lowest BCUT2D eigenvalue weighted by atomic mass is 10.1. The summed E-state index contributed by atoms with van der Waals surface area (Å²) in [6.07, 6.45) is 1.62. The van der Waals surface area contributed by atoms with Crippen LogP contribution in [0, 0.1) is 18.3 Å². The number of nitrogens with zero attached hydrogens (tertiary/aromatic N) is 2. The largest absolute Gasteiger partial charge is 0.287 e. The molecule has 0 unspecified atom stereocenters. The highest BCUT2D eigenvalue weighted by Gasteiger charge is 2.10. The SMILES string of the molecule is Cc1ccnc(C(=O)c2ccc(C#N)cc2)c1. The number of carbonyl (C=O) groups excluding carboxylic acids is 1. The number of carbonyl (C=O) groups is 1. The van der Waals surface area contributed by atoms with E-state index in [0.717, 1.165) is 5.56 Å². The van der Waals surface area contributed by atoms with Crippen LogP contribution >= 0.6 is 0 Å². The molecule has 0 aliphatic rings. The Bertz CT molecular complexity index is 594. The molecule has 0 fully saturated rings. The summed E-state index contributed by atoms with van der Waals surface area (Å²) in [7, 11) is 0. The Labute approximate surface area is 99.4 Å². The molecule has 1 heterocycles. The van der Waals surface area contributed by atoms with Gasteiger partial charge in [-0.25, -0.2) is 0 Å². The minimum atomic E-state index is -0.127. The predicted octanol–water partition coefficient (Wildman–Crippen LogP) is 2.49. The summed E-state index contributed by atoms with van der Waals surface area (Å²) in [6, 6.07) is 12.2. The van der Waals surface area contributed by atoms with Crippen molar-refractivity contribution in [3.8, 4) is 6.07 Å². The highest BCUT2D eigenvalue weighted by atomic mass is 16.1. The van der Waals surface area contributed by atoms with Crippen LogP contribution < -0.4 is 0 Å². The van der Waals surface area contributed by atoms with E-state index in [9.17, 15) is 4.79 Å². The quantitative estimate of drug-likeness (QED) is 0.733. The summed E-state index contributed by atoms with van der Waals surface area (Å²) < 4.78 is 0. The zero-order valence-electron chi connectivity index (χ0n) is 9.34. The van der Waals surface area contributed by atoms with E-state index in [-0.39, 0.29) is 5.78 Å². The second-order valence-corrected chi connectivity index (χ2v) is 3.74. The molecule has 3 heteroatoms. The molecule has 82 valence electrons. The number of pyridine rings is 1. The minimum absolute atomic E-state index is 0.127. The number of benzene rings is 1. The first-order chi connectivity index (χ1) is 8.20. The molecular formula is C14H10N2O. The van der Waals surface area contributed by atoms with E-state index in [1.807, 2.05) is 19.1 Å². The summed E-state index contributed by atoms with van der Waals surface area (Å²) in [4.78, 5) is 16.1. The van der Waals surface area contributed by atoms with E-state index >= 15 is 0 Å². The number of rotatable bonds is 2. The molecule has 0 amide bonds. The third-order valence-electron chi connectivity index (χ3n) is 2.42. The Hall–Kier alpha value is -2.47. The van der Waals surface area contributed by atoms with Crippen LogP contribution in [-0.2, 0) is 0 Å². The number of hydrogen-bond acceptors (Lipinski definition) is 3. The smallest absolute Gasteiger partial charge is 0.211 e. The second-order valence-electron chi connectivity index (χ2n) is 3.74. The van der Waals surface area contributed by atoms with Crippen molar-refractivity contribution in [3.05, 3.63) is 65.0 Å². The molecule has 2 rings (SSSR count). The van der Waals surface area contributed by atoms with Gasteiger partial charge in [0.15, 0.2) is 0 Å². The van der Waals surface area contributed by atoms with Crippen LogP contribution in [0.5, 0.6) is 0 Å². The molecule has 2 aromatic rings. The van der Waals surface area contributed by atoms with Gasteiger partial charge in [0, 0.05) is 11.8 Å². The first-order valence-corrected chi connectivity index (χ1v) is 5.18. The van der Waals surface area contributed by atoms with Gasteiger partial charge in [-0.3, -0.25) is 9.78 Å².